The highest BCUT2D eigenvalue weighted by Crippen LogP contribution is 2.43. The zero-order valence-electron chi connectivity index (χ0n) is 18.1. The number of phosphoric acid groups is 1. The number of rotatable bonds is 9. The van der Waals surface area contributed by atoms with E-state index in [2.05, 4.69) is 16.8 Å². The molecule has 182 valence electrons. The largest absolute Gasteiger partial charge is 0.470 e. The minimum absolute atomic E-state index is 0.238. The summed E-state index contributed by atoms with van der Waals surface area (Å²) in [5.41, 5.74) is -0.992. The Bertz CT molecular complexity index is 654. The quantitative estimate of drug-likeness (QED) is 0.222. The molecule has 2 rings (SSSR count). The Morgan fingerprint density at radius 1 is 1.39 bits per heavy atom. The Morgan fingerprint density at radius 2 is 2.03 bits per heavy atom. The second kappa shape index (κ2) is 11.5. The van der Waals surface area contributed by atoms with Gasteiger partial charge in [0, 0.05) is 6.54 Å². The standard InChI is InChI=1S/C18H34ClN2O8PS/c1-5-6-10-7-11(21(3)8-10)17(24)20-12(9(2)19)15-13(22)14(23)16(18(28-15)31-4)29-30(25,26)27/h9-16,18,22-23H,5-8H2,1-4H3,(H,20,24)(H2,25,26,27)/t9-,10+,11+,12+,13-,14+,15-,16+,18+/m0/s1. The molecule has 2 aliphatic rings. The predicted molar refractivity (Wildman–Crippen MR) is 118 cm³/mol. The summed E-state index contributed by atoms with van der Waals surface area (Å²) in [6, 6.07) is -1.18. The average molecular weight is 505 g/mol. The molecule has 31 heavy (non-hydrogen) atoms. The molecule has 2 aliphatic heterocycles. The van der Waals surface area contributed by atoms with E-state index in [1.54, 1.807) is 13.2 Å². The molecular weight excluding hydrogens is 471 g/mol. The van der Waals surface area contributed by atoms with Gasteiger partial charge < -0.3 is 30.1 Å². The van der Waals surface area contributed by atoms with Gasteiger partial charge in [-0.15, -0.1) is 23.4 Å². The molecule has 0 aliphatic carbocycles. The van der Waals surface area contributed by atoms with Crippen molar-refractivity contribution in [3.63, 3.8) is 0 Å². The predicted octanol–water partition coefficient (Wildman–Crippen LogP) is 0.506. The first-order valence-electron chi connectivity index (χ1n) is 10.3. The summed E-state index contributed by atoms with van der Waals surface area (Å²) in [5.74, 6) is 0.195. The number of likely N-dealkylation sites (N-methyl/N-ethyl adjacent to an activating group) is 1. The number of aliphatic hydroxyl groups excluding tert-OH is 2. The number of nitrogens with one attached hydrogen (secondary N) is 1. The fourth-order valence-corrected chi connectivity index (χ4v) is 5.93. The fraction of sp³-hybridized carbons (Fsp3) is 0.944. The molecule has 13 heteroatoms. The number of hydrogen-bond acceptors (Lipinski definition) is 8. The number of nitrogens with zero attached hydrogens (tertiary/aromatic N) is 1. The summed E-state index contributed by atoms with van der Waals surface area (Å²) in [6.07, 6.45) is -1.37. The SMILES string of the molecule is CCC[C@@H]1C[C@H](C(=O)N[C@@H]([C@@H]2O[C@H](SC)[C@H](OP(=O)(O)O)[C@H](O)[C@@H]2O)[C@H](C)Cl)N(C)C1. The number of likely N-dealkylation sites (tertiary alicyclic amines) is 1. The van der Waals surface area contributed by atoms with Crippen molar-refractivity contribution in [1.82, 2.24) is 10.2 Å². The van der Waals surface area contributed by atoms with Crippen LogP contribution in [0.4, 0.5) is 0 Å². The lowest BCUT2D eigenvalue weighted by molar-refractivity contribution is -0.201. The van der Waals surface area contributed by atoms with Crippen LogP contribution in [0.5, 0.6) is 0 Å². The molecule has 0 saturated carbocycles. The van der Waals surface area contributed by atoms with Crippen molar-refractivity contribution in [3.8, 4) is 0 Å². The maximum absolute atomic E-state index is 13.0. The van der Waals surface area contributed by atoms with Crippen LogP contribution in [0.1, 0.15) is 33.1 Å². The second-order valence-electron chi connectivity index (χ2n) is 8.30. The van der Waals surface area contributed by atoms with E-state index in [0.29, 0.717) is 5.92 Å². The van der Waals surface area contributed by atoms with Crippen LogP contribution in [0.3, 0.4) is 0 Å². The Hall–Kier alpha value is 0.0600. The minimum Gasteiger partial charge on any atom is -0.388 e. The molecule has 2 saturated heterocycles. The van der Waals surface area contributed by atoms with Crippen LogP contribution in [-0.4, -0.2) is 98.0 Å². The van der Waals surface area contributed by atoms with Crippen LogP contribution in [0, 0.1) is 5.92 Å². The number of amides is 1. The van der Waals surface area contributed by atoms with Crippen LogP contribution in [-0.2, 0) is 18.6 Å². The number of carbonyl (C=O) groups excluding carboxylic acids is 1. The van der Waals surface area contributed by atoms with E-state index < -0.39 is 49.1 Å². The maximum Gasteiger partial charge on any atom is 0.470 e. The van der Waals surface area contributed by atoms with E-state index in [1.165, 1.54) is 0 Å². The van der Waals surface area contributed by atoms with Crippen molar-refractivity contribution in [2.24, 2.45) is 5.92 Å². The van der Waals surface area contributed by atoms with Gasteiger partial charge in [-0.05, 0) is 39.0 Å². The molecule has 2 heterocycles. The number of alkyl halides is 1. The topological polar surface area (TPSA) is 149 Å². The summed E-state index contributed by atoms with van der Waals surface area (Å²) in [7, 11) is -3.04. The van der Waals surface area contributed by atoms with Crippen LogP contribution >= 0.6 is 31.2 Å². The maximum atomic E-state index is 13.0. The average Bonchev–Trinajstić information content (AvgIpc) is 3.03. The Balaban J connectivity index is 2.15. The number of carbonyl (C=O) groups is 1. The molecule has 0 unspecified atom stereocenters. The van der Waals surface area contributed by atoms with Gasteiger partial charge in [-0.3, -0.25) is 14.2 Å². The molecule has 0 radical (unpaired) electrons. The summed E-state index contributed by atoms with van der Waals surface area (Å²) >= 11 is 7.38. The number of ether oxygens (including phenoxy) is 1. The third-order valence-electron chi connectivity index (χ3n) is 5.87. The Labute approximate surface area is 192 Å². The van der Waals surface area contributed by atoms with E-state index in [-0.39, 0.29) is 11.9 Å². The van der Waals surface area contributed by atoms with Crippen LogP contribution < -0.4 is 5.32 Å². The van der Waals surface area contributed by atoms with Gasteiger partial charge in [-0.1, -0.05) is 13.3 Å². The monoisotopic (exact) mass is 504 g/mol. The van der Waals surface area contributed by atoms with Crippen molar-refractivity contribution in [1.29, 1.82) is 0 Å². The van der Waals surface area contributed by atoms with E-state index in [1.807, 2.05) is 11.9 Å². The number of hydrogen-bond donors (Lipinski definition) is 5. The van der Waals surface area contributed by atoms with Gasteiger partial charge in [-0.2, -0.15) is 0 Å². The fourth-order valence-electron chi connectivity index (χ4n) is 4.37. The lowest BCUT2D eigenvalue weighted by atomic mass is 9.92. The highest BCUT2D eigenvalue weighted by atomic mass is 35.5. The van der Waals surface area contributed by atoms with Gasteiger partial charge in [0.05, 0.1) is 17.5 Å². The normalized spacial score (nSPS) is 36.9. The van der Waals surface area contributed by atoms with Crippen molar-refractivity contribution < 1.29 is 38.6 Å². The van der Waals surface area contributed by atoms with Crippen LogP contribution in [0.2, 0.25) is 0 Å². The lowest BCUT2D eigenvalue weighted by Gasteiger charge is -2.45. The van der Waals surface area contributed by atoms with Gasteiger partial charge in [0.15, 0.2) is 0 Å². The van der Waals surface area contributed by atoms with Crippen LogP contribution in [0.15, 0.2) is 0 Å². The minimum atomic E-state index is -4.93. The molecule has 5 N–H and O–H groups in total. The first-order valence-corrected chi connectivity index (χ1v) is 13.6. The lowest BCUT2D eigenvalue weighted by Crippen LogP contribution is -2.65. The summed E-state index contributed by atoms with van der Waals surface area (Å²) < 4.78 is 21.7. The Morgan fingerprint density at radius 3 is 2.55 bits per heavy atom. The molecule has 0 aromatic rings. The molecule has 0 aromatic carbocycles. The molecule has 0 aromatic heterocycles. The summed E-state index contributed by atoms with van der Waals surface area (Å²) in [5, 5.41) is 23.4. The molecule has 10 nitrogen and oxygen atoms in total. The first kappa shape index (κ1) is 27.3. The van der Waals surface area contributed by atoms with E-state index >= 15 is 0 Å². The van der Waals surface area contributed by atoms with Gasteiger partial charge >= 0.3 is 7.82 Å². The van der Waals surface area contributed by atoms with Crippen molar-refractivity contribution >= 4 is 37.1 Å². The van der Waals surface area contributed by atoms with E-state index in [9.17, 15) is 19.6 Å². The van der Waals surface area contributed by atoms with Crippen molar-refractivity contribution in [2.75, 3.05) is 19.8 Å². The number of thioether (sulfide) groups is 1. The number of halogens is 1. The first-order chi connectivity index (χ1) is 14.4. The molecule has 9 atom stereocenters. The molecule has 0 spiro atoms. The van der Waals surface area contributed by atoms with Crippen LogP contribution in [0.25, 0.3) is 0 Å². The zero-order valence-corrected chi connectivity index (χ0v) is 20.6. The van der Waals surface area contributed by atoms with Crippen molar-refractivity contribution in [3.05, 3.63) is 0 Å². The number of phosphoric ester groups is 1. The highest BCUT2D eigenvalue weighted by molar-refractivity contribution is 7.99. The third kappa shape index (κ3) is 7.02. The molecule has 1 amide bonds. The van der Waals surface area contributed by atoms with E-state index in [4.69, 9.17) is 26.1 Å². The van der Waals surface area contributed by atoms with Gasteiger partial charge in [0.2, 0.25) is 5.91 Å². The highest BCUT2D eigenvalue weighted by Gasteiger charge is 2.51. The van der Waals surface area contributed by atoms with Gasteiger partial charge in [0.25, 0.3) is 0 Å². The third-order valence-corrected chi connectivity index (χ3v) is 7.50. The molecular formula is C18H34ClN2O8PS. The van der Waals surface area contributed by atoms with Gasteiger partial charge in [0.1, 0.15) is 29.9 Å². The Kier molecular flexibility index (Phi) is 10.1. The van der Waals surface area contributed by atoms with Gasteiger partial charge in [-0.25, -0.2) is 4.57 Å². The number of aliphatic hydroxyl groups is 2. The second-order valence-corrected chi connectivity index (χ2v) is 11.1. The summed E-state index contributed by atoms with van der Waals surface area (Å²) in [6.45, 7) is 4.57. The van der Waals surface area contributed by atoms with E-state index in [0.717, 1.165) is 37.6 Å². The molecule has 2 fully saturated rings. The molecule has 0 bridgehead atoms. The zero-order chi connectivity index (χ0) is 23.5. The smallest absolute Gasteiger partial charge is 0.388 e. The van der Waals surface area contributed by atoms with Crippen molar-refractivity contribution in [2.45, 2.75) is 80.4 Å². The summed E-state index contributed by atoms with van der Waals surface area (Å²) in [4.78, 5) is 33.3.